The van der Waals surface area contributed by atoms with E-state index in [0.29, 0.717) is 13.2 Å². The van der Waals surface area contributed by atoms with Gasteiger partial charge in [-0.1, -0.05) is 24.3 Å². The topological polar surface area (TPSA) is 38.3 Å². The van der Waals surface area contributed by atoms with E-state index in [2.05, 4.69) is 37.4 Å². The Bertz CT molecular complexity index is 568. The SMILES string of the molecule is CC1(C)Cc2ccccc2C(=CC(=O)C2CCOCC2)N1. The quantitative estimate of drug-likeness (QED) is 0.849. The zero-order chi connectivity index (χ0) is 14.9. The highest BCUT2D eigenvalue weighted by Gasteiger charge is 2.28. The molecule has 0 radical (unpaired) electrons. The van der Waals surface area contributed by atoms with Crippen molar-refractivity contribution < 1.29 is 9.53 Å². The molecule has 0 bridgehead atoms. The van der Waals surface area contributed by atoms with E-state index in [-0.39, 0.29) is 17.2 Å². The highest BCUT2D eigenvalue weighted by Crippen LogP contribution is 2.30. The van der Waals surface area contributed by atoms with Crippen LogP contribution in [0.3, 0.4) is 0 Å². The summed E-state index contributed by atoms with van der Waals surface area (Å²) in [5.41, 5.74) is 3.43. The highest BCUT2D eigenvalue weighted by atomic mass is 16.5. The molecule has 2 heterocycles. The molecule has 1 saturated heterocycles. The minimum Gasteiger partial charge on any atom is -0.381 e. The molecule has 0 amide bonds. The Balaban J connectivity index is 1.89. The van der Waals surface area contributed by atoms with Gasteiger partial charge in [-0.3, -0.25) is 4.79 Å². The van der Waals surface area contributed by atoms with Crippen LogP contribution >= 0.6 is 0 Å². The number of ether oxygens (including phenoxy) is 1. The zero-order valence-electron chi connectivity index (χ0n) is 12.8. The van der Waals surface area contributed by atoms with E-state index >= 15 is 0 Å². The lowest BCUT2D eigenvalue weighted by Gasteiger charge is -2.35. The maximum absolute atomic E-state index is 12.5. The first kappa shape index (κ1) is 14.3. The lowest BCUT2D eigenvalue weighted by Crippen LogP contribution is -2.44. The van der Waals surface area contributed by atoms with Crippen LogP contribution in [0.5, 0.6) is 0 Å². The number of benzene rings is 1. The van der Waals surface area contributed by atoms with Crippen LogP contribution in [0.4, 0.5) is 0 Å². The van der Waals surface area contributed by atoms with Gasteiger partial charge in [-0.25, -0.2) is 0 Å². The van der Waals surface area contributed by atoms with E-state index < -0.39 is 0 Å². The molecule has 0 spiro atoms. The summed E-state index contributed by atoms with van der Waals surface area (Å²) < 4.78 is 5.34. The Labute approximate surface area is 126 Å². The molecule has 1 aromatic rings. The third-order valence-electron chi connectivity index (χ3n) is 4.32. The van der Waals surface area contributed by atoms with E-state index in [1.165, 1.54) is 5.56 Å². The van der Waals surface area contributed by atoms with Crippen molar-refractivity contribution in [3.05, 3.63) is 41.5 Å². The number of nitrogens with one attached hydrogen (secondary N) is 1. The molecule has 0 aromatic heterocycles. The fourth-order valence-corrected chi connectivity index (χ4v) is 3.25. The zero-order valence-corrected chi connectivity index (χ0v) is 12.8. The first-order valence-electron chi connectivity index (χ1n) is 7.75. The van der Waals surface area contributed by atoms with Crippen molar-refractivity contribution >= 4 is 11.5 Å². The van der Waals surface area contributed by atoms with Crippen LogP contribution < -0.4 is 5.32 Å². The highest BCUT2D eigenvalue weighted by molar-refractivity contribution is 5.98. The van der Waals surface area contributed by atoms with Crippen molar-refractivity contribution in [3.8, 4) is 0 Å². The summed E-state index contributed by atoms with van der Waals surface area (Å²) in [6.45, 7) is 5.76. The van der Waals surface area contributed by atoms with Crippen LogP contribution in [0.2, 0.25) is 0 Å². The molecule has 2 aliphatic heterocycles. The van der Waals surface area contributed by atoms with E-state index in [4.69, 9.17) is 4.74 Å². The fourth-order valence-electron chi connectivity index (χ4n) is 3.25. The Morgan fingerprint density at radius 3 is 2.76 bits per heavy atom. The monoisotopic (exact) mass is 285 g/mol. The Morgan fingerprint density at radius 2 is 2.00 bits per heavy atom. The first-order chi connectivity index (χ1) is 10.1. The summed E-state index contributed by atoms with van der Waals surface area (Å²) in [5, 5.41) is 3.53. The molecule has 2 aliphatic rings. The van der Waals surface area contributed by atoms with Crippen LogP contribution in [0, 0.1) is 5.92 Å². The normalized spacial score (nSPS) is 23.4. The van der Waals surface area contributed by atoms with Gasteiger partial charge in [0.2, 0.25) is 0 Å². The lowest BCUT2D eigenvalue weighted by atomic mass is 9.85. The maximum Gasteiger partial charge on any atom is 0.161 e. The number of hydrogen-bond acceptors (Lipinski definition) is 3. The summed E-state index contributed by atoms with van der Waals surface area (Å²) in [5.74, 6) is 0.346. The molecule has 0 saturated carbocycles. The molecule has 112 valence electrons. The average Bonchev–Trinajstić information content (AvgIpc) is 2.47. The van der Waals surface area contributed by atoms with Crippen LogP contribution in [0.1, 0.15) is 37.8 Å². The van der Waals surface area contributed by atoms with Crippen molar-refractivity contribution in [2.24, 2.45) is 5.92 Å². The smallest absolute Gasteiger partial charge is 0.161 e. The largest absolute Gasteiger partial charge is 0.381 e. The molecule has 21 heavy (non-hydrogen) atoms. The number of carbonyl (C=O) groups excluding carboxylic acids is 1. The number of hydrogen-bond donors (Lipinski definition) is 1. The van der Waals surface area contributed by atoms with Gasteiger partial charge in [-0.2, -0.15) is 0 Å². The van der Waals surface area contributed by atoms with Crippen molar-refractivity contribution in [2.45, 2.75) is 38.6 Å². The number of allylic oxidation sites excluding steroid dienone is 1. The van der Waals surface area contributed by atoms with Crippen molar-refractivity contribution in [1.82, 2.24) is 5.32 Å². The Kier molecular flexibility index (Phi) is 3.85. The molecule has 0 aliphatic carbocycles. The number of ketones is 1. The second-order valence-corrected chi connectivity index (χ2v) is 6.69. The minimum absolute atomic E-state index is 0.0177. The van der Waals surface area contributed by atoms with Gasteiger partial charge in [0.1, 0.15) is 0 Å². The molecule has 1 N–H and O–H groups in total. The van der Waals surface area contributed by atoms with Gasteiger partial charge in [0.25, 0.3) is 0 Å². The van der Waals surface area contributed by atoms with Crippen molar-refractivity contribution in [1.29, 1.82) is 0 Å². The summed E-state index contributed by atoms with van der Waals surface area (Å²) in [4.78, 5) is 12.5. The van der Waals surface area contributed by atoms with E-state index in [9.17, 15) is 4.79 Å². The molecular weight excluding hydrogens is 262 g/mol. The molecule has 3 rings (SSSR count). The number of rotatable bonds is 2. The third kappa shape index (κ3) is 3.18. The van der Waals surface area contributed by atoms with Crippen molar-refractivity contribution in [3.63, 3.8) is 0 Å². The summed E-state index contributed by atoms with van der Waals surface area (Å²) in [7, 11) is 0. The first-order valence-corrected chi connectivity index (χ1v) is 7.75. The third-order valence-corrected chi connectivity index (χ3v) is 4.32. The maximum atomic E-state index is 12.5. The van der Waals surface area contributed by atoms with Gasteiger partial charge < -0.3 is 10.1 Å². The van der Waals surface area contributed by atoms with E-state index in [0.717, 1.165) is 30.5 Å². The summed E-state index contributed by atoms with van der Waals surface area (Å²) >= 11 is 0. The molecular formula is C18H23NO2. The second-order valence-electron chi connectivity index (χ2n) is 6.69. The van der Waals surface area contributed by atoms with Gasteiger partial charge in [0, 0.05) is 42.0 Å². The van der Waals surface area contributed by atoms with Crippen molar-refractivity contribution in [2.75, 3.05) is 13.2 Å². The van der Waals surface area contributed by atoms with Crippen LogP contribution in [-0.2, 0) is 16.0 Å². The summed E-state index contributed by atoms with van der Waals surface area (Å²) in [6, 6.07) is 8.36. The van der Waals surface area contributed by atoms with E-state index in [1.54, 1.807) is 0 Å². The standard InChI is InChI=1S/C18H23NO2/c1-18(2)12-14-5-3-4-6-15(14)16(19-18)11-17(20)13-7-9-21-10-8-13/h3-6,11,13,19H,7-10,12H2,1-2H3. The predicted molar refractivity (Wildman–Crippen MR) is 83.9 cm³/mol. The van der Waals surface area contributed by atoms with Gasteiger partial charge >= 0.3 is 0 Å². The number of carbonyl (C=O) groups is 1. The fraction of sp³-hybridized carbons (Fsp3) is 0.500. The van der Waals surface area contributed by atoms with Gasteiger partial charge in [0.15, 0.2) is 5.78 Å². The lowest BCUT2D eigenvalue weighted by molar-refractivity contribution is -0.120. The summed E-state index contributed by atoms with van der Waals surface area (Å²) in [6.07, 6.45) is 4.48. The second kappa shape index (κ2) is 5.64. The predicted octanol–water partition coefficient (Wildman–Crippen LogP) is 2.95. The van der Waals surface area contributed by atoms with E-state index in [1.807, 2.05) is 12.1 Å². The molecule has 0 atom stereocenters. The molecule has 1 aromatic carbocycles. The molecule has 0 unspecified atom stereocenters. The number of fused-ring (bicyclic) bond motifs is 1. The molecule has 3 nitrogen and oxygen atoms in total. The molecule has 3 heteroatoms. The average molecular weight is 285 g/mol. The van der Waals surface area contributed by atoms with Gasteiger partial charge in [0.05, 0.1) is 0 Å². The van der Waals surface area contributed by atoms with Crippen LogP contribution in [0.25, 0.3) is 5.70 Å². The minimum atomic E-state index is -0.0177. The Hall–Kier alpha value is -1.61. The van der Waals surface area contributed by atoms with Gasteiger partial charge in [-0.15, -0.1) is 0 Å². The molecule has 1 fully saturated rings. The van der Waals surface area contributed by atoms with Crippen LogP contribution in [-0.4, -0.2) is 24.5 Å². The van der Waals surface area contributed by atoms with Crippen LogP contribution in [0.15, 0.2) is 30.3 Å². The Morgan fingerprint density at radius 1 is 1.29 bits per heavy atom. The van der Waals surface area contributed by atoms with Gasteiger partial charge in [-0.05, 0) is 38.7 Å².